The standard InChI is InChI=1S/C9H10OS2/c1-10-9-4-2-8(3-5-9)6-12-7-11/h2-5,7H,6H2,1H3. The van der Waals surface area contributed by atoms with Crippen LogP contribution in [0.4, 0.5) is 0 Å². The maximum absolute atomic E-state index is 5.04. The summed E-state index contributed by atoms with van der Waals surface area (Å²) in [6, 6.07) is 8.01. The number of benzene rings is 1. The van der Waals surface area contributed by atoms with E-state index in [0.29, 0.717) is 0 Å². The summed E-state index contributed by atoms with van der Waals surface area (Å²) in [4.78, 5) is 0. The van der Waals surface area contributed by atoms with Crippen molar-refractivity contribution in [3.05, 3.63) is 29.8 Å². The van der Waals surface area contributed by atoms with Crippen LogP contribution in [0, 0.1) is 0 Å². The molecule has 0 amide bonds. The van der Waals surface area contributed by atoms with Crippen molar-refractivity contribution in [3.8, 4) is 5.75 Å². The van der Waals surface area contributed by atoms with Gasteiger partial charge in [-0.3, -0.25) is 0 Å². The third-order valence-electron chi connectivity index (χ3n) is 1.48. The van der Waals surface area contributed by atoms with Crippen LogP contribution in [0.3, 0.4) is 0 Å². The largest absolute Gasteiger partial charge is 0.497 e. The molecule has 0 saturated carbocycles. The van der Waals surface area contributed by atoms with Gasteiger partial charge in [0.1, 0.15) is 5.75 Å². The number of thiocarbonyl (C=S) groups is 1. The van der Waals surface area contributed by atoms with E-state index in [9.17, 15) is 0 Å². The van der Waals surface area contributed by atoms with Crippen molar-refractivity contribution in [2.45, 2.75) is 5.75 Å². The molecule has 0 spiro atoms. The number of ether oxygens (including phenoxy) is 1. The lowest BCUT2D eigenvalue weighted by Gasteiger charge is -2.00. The first-order valence-corrected chi connectivity index (χ1v) is 5.07. The molecule has 12 heavy (non-hydrogen) atoms. The minimum atomic E-state index is 0.895. The smallest absolute Gasteiger partial charge is 0.118 e. The van der Waals surface area contributed by atoms with E-state index in [-0.39, 0.29) is 0 Å². The van der Waals surface area contributed by atoms with Crippen molar-refractivity contribution < 1.29 is 4.74 Å². The fourth-order valence-corrected chi connectivity index (χ4v) is 1.51. The van der Waals surface area contributed by atoms with Gasteiger partial charge in [0.15, 0.2) is 0 Å². The van der Waals surface area contributed by atoms with E-state index in [2.05, 4.69) is 0 Å². The fourth-order valence-electron chi connectivity index (χ4n) is 0.852. The van der Waals surface area contributed by atoms with Crippen LogP contribution in [-0.2, 0) is 5.75 Å². The summed E-state index contributed by atoms with van der Waals surface area (Å²) in [5, 5.41) is 0. The Morgan fingerprint density at radius 1 is 1.42 bits per heavy atom. The molecule has 0 aliphatic carbocycles. The van der Waals surface area contributed by atoms with E-state index in [1.54, 1.807) is 23.6 Å². The molecular formula is C9H10OS2. The molecule has 0 bridgehead atoms. The van der Waals surface area contributed by atoms with Gasteiger partial charge < -0.3 is 4.74 Å². The molecule has 0 aromatic heterocycles. The quantitative estimate of drug-likeness (QED) is 0.688. The van der Waals surface area contributed by atoms with E-state index in [1.165, 1.54) is 5.56 Å². The first-order chi connectivity index (χ1) is 5.86. The SMILES string of the molecule is COc1ccc(CSC=S)cc1. The van der Waals surface area contributed by atoms with Gasteiger partial charge in [0.2, 0.25) is 0 Å². The van der Waals surface area contributed by atoms with E-state index in [0.717, 1.165) is 11.5 Å². The highest BCUT2D eigenvalue weighted by molar-refractivity contribution is 8.20. The highest BCUT2D eigenvalue weighted by Crippen LogP contribution is 2.15. The van der Waals surface area contributed by atoms with Gasteiger partial charge in [-0.15, -0.1) is 11.8 Å². The van der Waals surface area contributed by atoms with E-state index >= 15 is 0 Å². The Hall–Kier alpha value is -0.540. The average Bonchev–Trinajstić information content (AvgIpc) is 2.15. The lowest BCUT2D eigenvalue weighted by Crippen LogP contribution is -1.83. The second-order valence-electron chi connectivity index (χ2n) is 2.26. The number of thioether (sulfide) groups is 1. The van der Waals surface area contributed by atoms with Crippen molar-refractivity contribution in [2.75, 3.05) is 7.11 Å². The van der Waals surface area contributed by atoms with Gasteiger partial charge in [-0.1, -0.05) is 24.4 Å². The first kappa shape index (κ1) is 9.55. The molecule has 0 aliphatic rings. The van der Waals surface area contributed by atoms with Gasteiger partial charge in [-0.2, -0.15) is 0 Å². The van der Waals surface area contributed by atoms with Crippen molar-refractivity contribution >= 4 is 28.7 Å². The van der Waals surface area contributed by atoms with Crippen LogP contribution in [0.5, 0.6) is 5.75 Å². The predicted octanol–water partition coefficient (Wildman–Crippen LogP) is 2.89. The van der Waals surface area contributed by atoms with Crippen LogP contribution in [0.2, 0.25) is 0 Å². The molecule has 0 saturated heterocycles. The van der Waals surface area contributed by atoms with Gasteiger partial charge in [0.05, 0.1) is 7.11 Å². The van der Waals surface area contributed by atoms with Gasteiger partial charge in [-0.25, -0.2) is 0 Å². The van der Waals surface area contributed by atoms with Crippen LogP contribution >= 0.6 is 24.0 Å². The zero-order valence-electron chi connectivity index (χ0n) is 6.82. The summed E-state index contributed by atoms with van der Waals surface area (Å²) < 4.78 is 6.72. The molecular weight excluding hydrogens is 188 g/mol. The third-order valence-corrected chi connectivity index (χ3v) is 2.52. The number of rotatable bonds is 4. The van der Waals surface area contributed by atoms with Crippen LogP contribution in [0.25, 0.3) is 0 Å². The molecule has 1 aromatic carbocycles. The summed E-state index contributed by atoms with van der Waals surface area (Å²) in [5.41, 5.74) is 1.27. The molecule has 3 heteroatoms. The highest BCUT2D eigenvalue weighted by atomic mass is 32.2. The van der Waals surface area contributed by atoms with Crippen LogP contribution < -0.4 is 4.74 Å². The van der Waals surface area contributed by atoms with Crippen molar-refractivity contribution in [3.63, 3.8) is 0 Å². The van der Waals surface area contributed by atoms with Gasteiger partial charge >= 0.3 is 0 Å². The van der Waals surface area contributed by atoms with Gasteiger partial charge in [-0.05, 0) is 17.7 Å². The molecule has 0 N–H and O–H groups in total. The summed E-state index contributed by atoms with van der Waals surface area (Å²) in [6.45, 7) is 0. The van der Waals surface area contributed by atoms with E-state index in [4.69, 9.17) is 17.0 Å². The third kappa shape index (κ3) is 2.83. The molecule has 1 rings (SSSR count). The minimum Gasteiger partial charge on any atom is -0.497 e. The van der Waals surface area contributed by atoms with Gasteiger partial charge in [0, 0.05) is 10.5 Å². The number of hydrogen-bond acceptors (Lipinski definition) is 3. The molecule has 0 heterocycles. The number of methoxy groups -OCH3 is 1. The maximum Gasteiger partial charge on any atom is 0.118 e. The Bertz CT molecular complexity index is 243. The molecule has 64 valence electrons. The zero-order valence-corrected chi connectivity index (χ0v) is 8.45. The molecule has 0 fully saturated rings. The van der Waals surface area contributed by atoms with Crippen molar-refractivity contribution in [1.29, 1.82) is 0 Å². The Morgan fingerprint density at radius 3 is 2.58 bits per heavy atom. The van der Waals surface area contributed by atoms with Gasteiger partial charge in [0.25, 0.3) is 0 Å². The second-order valence-corrected chi connectivity index (χ2v) is 3.65. The van der Waals surface area contributed by atoms with Crippen molar-refractivity contribution in [2.24, 2.45) is 0 Å². The minimum absolute atomic E-state index is 0.895. The van der Waals surface area contributed by atoms with Crippen LogP contribution in [0.15, 0.2) is 24.3 Å². The first-order valence-electron chi connectivity index (χ1n) is 3.55. The molecule has 0 atom stereocenters. The average molecular weight is 198 g/mol. The molecule has 1 nitrogen and oxygen atoms in total. The molecule has 0 radical (unpaired) electrons. The van der Waals surface area contributed by atoms with Crippen molar-refractivity contribution in [1.82, 2.24) is 0 Å². The van der Waals surface area contributed by atoms with E-state index < -0.39 is 0 Å². The normalized spacial score (nSPS) is 9.42. The Morgan fingerprint density at radius 2 is 2.08 bits per heavy atom. The summed E-state index contributed by atoms with van der Waals surface area (Å²) in [7, 11) is 1.67. The number of hydrogen-bond donors (Lipinski definition) is 0. The fraction of sp³-hybridized carbons (Fsp3) is 0.222. The molecule has 0 unspecified atom stereocenters. The van der Waals surface area contributed by atoms with Crippen LogP contribution in [0.1, 0.15) is 5.56 Å². The second kappa shape index (κ2) is 5.17. The molecule has 1 aromatic rings. The topological polar surface area (TPSA) is 9.23 Å². The summed E-state index contributed by atoms with van der Waals surface area (Å²) in [5.74, 6) is 1.83. The lowest BCUT2D eigenvalue weighted by molar-refractivity contribution is 0.414. The van der Waals surface area contributed by atoms with E-state index in [1.807, 2.05) is 24.3 Å². The van der Waals surface area contributed by atoms with Crippen LogP contribution in [-0.4, -0.2) is 11.8 Å². The Balaban J connectivity index is 2.58. The molecule has 0 aliphatic heterocycles. The summed E-state index contributed by atoms with van der Waals surface area (Å²) >= 11 is 6.34. The predicted molar refractivity (Wildman–Crippen MR) is 57.9 cm³/mol. The zero-order chi connectivity index (χ0) is 8.81. The monoisotopic (exact) mass is 198 g/mol. The lowest BCUT2D eigenvalue weighted by atomic mass is 10.2. The highest BCUT2D eigenvalue weighted by Gasteiger charge is 1.92. The Labute approximate surface area is 82.1 Å². The maximum atomic E-state index is 5.04. The Kier molecular flexibility index (Phi) is 4.11. The summed E-state index contributed by atoms with van der Waals surface area (Å²) in [6.07, 6.45) is 0.